The van der Waals surface area contributed by atoms with Crippen molar-refractivity contribution in [2.24, 2.45) is 5.41 Å². The highest BCUT2D eigenvalue weighted by molar-refractivity contribution is 6.30. The molecule has 1 aliphatic heterocycles. The van der Waals surface area contributed by atoms with E-state index in [0.717, 1.165) is 22.3 Å². The number of nitrogens with zero attached hydrogens (tertiary/aromatic N) is 1. The van der Waals surface area contributed by atoms with Crippen LogP contribution in [0.15, 0.2) is 54.6 Å². The molecule has 0 bridgehead atoms. The average molecular weight is 395 g/mol. The third-order valence-corrected chi connectivity index (χ3v) is 5.90. The van der Waals surface area contributed by atoms with Gasteiger partial charge >= 0.3 is 5.97 Å². The monoisotopic (exact) mass is 394 g/mol. The zero-order valence-corrected chi connectivity index (χ0v) is 16.7. The standard InChI is InChI=1S/C23H21ClNO3/c1-22(2)14-25-13-18(15-9-11-17(24)12-10-15)19(16-7-5-4-6-8-16)20(25)23(22,28-3)21(26)27/h4-12H,14H2,1-3H3,(H,26,27). The minimum atomic E-state index is -1.47. The fourth-order valence-corrected chi connectivity index (χ4v) is 4.50. The number of rotatable bonds is 4. The van der Waals surface area contributed by atoms with Gasteiger partial charge in [0.1, 0.15) is 0 Å². The Balaban J connectivity index is 2.08. The largest absolute Gasteiger partial charge is 0.479 e. The maximum atomic E-state index is 12.5. The molecule has 1 atom stereocenters. The third kappa shape index (κ3) is 2.52. The maximum Gasteiger partial charge on any atom is 0.342 e. The van der Waals surface area contributed by atoms with Crippen LogP contribution in [0.4, 0.5) is 0 Å². The minimum absolute atomic E-state index is 0.496. The van der Waals surface area contributed by atoms with E-state index in [-0.39, 0.29) is 0 Å². The van der Waals surface area contributed by atoms with Gasteiger partial charge in [0.25, 0.3) is 0 Å². The molecule has 4 rings (SSSR count). The summed E-state index contributed by atoms with van der Waals surface area (Å²) in [5, 5.41) is 10.9. The number of ether oxygens (including phenoxy) is 1. The number of aliphatic carboxylic acids is 1. The molecule has 1 aliphatic rings. The number of carboxylic acids is 1. The highest BCUT2D eigenvalue weighted by Crippen LogP contribution is 2.55. The first kappa shape index (κ1) is 18.8. The molecule has 1 radical (unpaired) electrons. The molecule has 1 aromatic heterocycles. The number of hydrogen-bond donors (Lipinski definition) is 1. The molecule has 28 heavy (non-hydrogen) atoms. The van der Waals surface area contributed by atoms with Gasteiger partial charge in [-0.3, -0.25) is 0 Å². The number of carbonyl (C=O) groups is 1. The molecular weight excluding hydrogens is 374 g/mol. The van der Waals surface area contributed by atoms with E-state index in [4.69, 9.17) is 16.3 Å². The van der Waals surface area contributed by atoms with Gasteiger partial charge in [-0.1, -0.05) is 67.9 Å². The summed E-state index contributed by atoms with van der Waals surface area (Å²) in [6, 6.07) is 17.3. The Morgan fingerprint density at radius 3 is 2.32 bits per heavy atom. The molecule has 0 aliphatic carbocycles. The molecule has 2 aromatic carbocycles. The van der Waals surface area contributed by atoms with Gasteiger partial charge in [0.15, 0.2) is 0 Å². The second kappa shape index (κ2) is 6.50. The average Bonchev–Trinajstić information content (AvgIpc) is 3.12. The summed E-state index contributed by atoms with van der Waals surface area (Å²) in [5.41, 5.74) is 2.05. The quantitative estimate of drug-likeness (QED) is 0.658. The first-order valence-corrected chi connectivity index (χ1v) is 9.46. The van der Waals surface area contributed by atoms with E-state index in [1.807, 2.05) is 73.0 Å². The van der Waals surface area contributed by atoms with E-state index in [1.165, 1.54) is 7.11 Å². The highest BCUT2D eigenvalue weighted by atomic mass is 35.5. The summed E-state index contributed by atoms with van der Waals surface area (Å²) in [4.78, 5) is 12.5. The van der Waals surface area contributed by atoms with E-state index < -0.39 is 17.0 Å². The first-order valence-electron chi connectivity index (χ1n) is 9.08. The predicted molar refractivity (Wildman–Crippen MR) is 109 cm³/mol. The van der Waals surface area contributed by atoms with Gasteiger partial charge in [-0.25, -0.2) is 4.79 Å². The van der Waals surface area contributed by atoms with Crippen LogP contribution in [-0.4, -0.2) is 22.8 Å². The van der Waals surface area contributed by atoms with E-state index in [2.05, 4.69) is 6.20 Å². The van der Waals surface area contributed by atoms with Crippen molar-refractivity contribution in [1.82, 2.24) is 4.57 Å². The van der Waals surface area contributed by atoms with Crippen molar-refractivity contribution in [3.63, 3.8) is 0 Å². The van der Waals surface area contributed by atoms with Crippen LogP contribution >= 0.6 is 11.6 Å². The van der Waals surface area contributed by atoms with Gasteiger partial charge in [-0.2, -0.15) is 0 Å². The number of methoxy groups -OCH3 is 1. The Kier molecular flexibility index (Phi) is 4.36. The molecule has 3 aromatic rings. The number of halogens is 1. The summed E-state index contributed by atoms with van der Waals surface area (Å²) < 4.78 is 7.68. The van der Waals surface area contributed by atoms with E-state index in [9.17, 15) is 9.90 Å². The lowest BCUT2D eigenvalue weighted by atomic mass is 9.73. The SMILES string of the molecule is COC1(C(=O)O)c2c(-c3ccccc3)c(-c3ccc(Cl)cc3)[c]n2CC1(C)C. The second-order valence-electron chi connectivity index (χ2n) is 7.74. The minimum Gasteiger partial charge on any atom is -0.479 e. The topological polar surface area (TPSA) is 51.5 Å². The molecule has 0 amide bonds. The first-order chi connectivity index (χ1) is 13.3. The van der Waals surface area contributed by atoms with Crippen LogP contribution in [0.25, 0.3) is 22.3 Å². The zero-order valence-electron chi connectivity index (χ0n) is 16.0. The van der Waals surface area contributed by atoms with Gasteiger partial charge in [-0.15, -0.1) is 0 Å². The molecule has 4 nitrogen and oxygen atoms in total. The van der Waals surface area contributed by atoms with Crippen molar-refractivity contribution in [2.75, 3.05) is 7.11 Å². The molecule has 2 heterocycles. The van der Waals surface area contributed by atoms with Crippen LogP contribution in [0.1, 0.15) is 19.5 Å². The zero-order chi connectivity index (χ0) is 20.1. The van der Waals surface area contributed by atoms with Crippen molar-refractivity contribution < 1.29 is 14.6 Å². The third-order valence-electron chi connectivity index (χ3n) is 5.65. The summed E-state index contributed by atoms with van der Waals surface area (Å²) in [6.07, 6.45) is 3.43. The summed E-state index contributed by atoms with van der Waals surface area (Å²) >= 11 is 6.06. The Morgan fingerprint density at radius 2 is 1.75 bits per heavy atom. The highest BCUT2D eigenvalue weighted by Gasteiger charge is 2.61. The van der Waals surface area contributed by atoms with Gasteiger partial charge in [0.2, 0.25) is 5.60 Å². The van der Waals surface area contributed by atoms with Crippen molar-refractivity contribution in [2.45, 2.75) is 26.0 Å². The smallest absolute Gasteiger partial charge is 0.342 e. The lowest BCUT2D eigenvalue weighted by Crippen LogP contribution is -2.47. The van der Waals surface area contributed by atoms with E-state index in [1.54, 1.807) is 0 Å². The fourth-order valence-electron chi connectivity index (χ4n) is 4.37. The molecule has 0 fully saturated rings. The van der Waals surface area contributed by atoms with E-state index in [0.29, 0.717) is 17.3 Å². The summed E-state index contributed by atoms with van der Waals surface area (Å²) in [5.74, 6) is -0.995. The van der Waals surface area contributed by atoms with Crippen molar-refractivity contribution >= 4 is 17.6 Å². The van der Waals surface area contributed by atoms with Gasteiger partial charge < -0.3 is 14.4 Å². The molecule has 1 N–H and O–H groups in total. The number of benzene rings is 2. The van der Waals surface area contributed by atoms with Crippen LogP contribution < -0.4 is 0 Å². The number of aromatic nitrogens is 1. The Bertz CT molecular complexity index is 1040. The number of hydrogen-bond acceptors (Lipinski definition) is 2. The Morgan fingerprint density at radius 1 is 1.11 bits per heavy atom. The molecule has 0 saturated carbocycles. The maximum absolute atomic E-state index is 12.5. The van der Waals surface area contributed by atoms with Gasteiger partial charge in [0, 0.05) is 35.2 Å². The molecule has 5 heteroatoms. The molecule has 0 saturated heterocycles. The molecular formula is C23H21ClNO3. The van der Waals surface area contributed by atoms with Crippen LogP contribution in [-0.2, 0) is 21.7 Å². The number of carboxylic acid groups (broad SMARTS) is 1. The van der Waals surface area contributed by atoms with Crippen molar-refractivity contribution in [1.29, 1.82) is 0 Å². The summed E-state index contributed by atoms with van der Waals surface area (Å²) in [6.45, 7) is 4.33. The summed E-state index contributed by atoms with van der Waals surface area (Å²) in [7, 11) is 1.47. The normalized spacial score (nSPS) is 20.1. The molecule has 1 unspecified atom stereocenters. The molecule has 0 spiro atoms. The second-order valence-corrected chi connectivity index (χ2v) is 8.18. The predicted octanol–water partition coefficient (Wildman–Crippen LogP) is 5.24. The van der Waals surface area contributed by atoms with Crippen LogP contribution in [0, 0.1) is 11.6 Å². The Hall–Kier alpha value is -2.56. The van der Waals surface area contributed by atoms with Gasteiger partial charge in [0.05, 0.1) is 11.9 Å². The Labute approximate surface area is 169 Å². The van der Waals surface area contributed by atoms with E-state index >= 15 is 0 Å². The lowest BCUT2D eigenvalue weighted by molar-refractivity contribution is -0.178. The fraction of sp³-hybridized carbons (Fsp3) is 0.261. The van der Waals surface area contributed by atoms with Crippen LogP contribution in [0.2, 0.25) is 5.02 Å². The number of fused-ring (bicyclic) bond motifs is 1. The van der Waals surface area contributed by atoms with Crippen molar-refractivity contribution in [3.8, 4) is 22.3 Å². The van der Waals surface area contributed by atoms with Crippen LogP contribution in [0.5, 0.6) is 0 Å². The lowest BCUT2D eigenvalue weighted by Gasteiger charge is -2.36. The van der Waals surface area contributed by atoms with Crippen LogP contribution in [0.3, 0.4) is 0 Å². The molecule has 143 valence electrons. The van der Waals surface area contributed by atoms with Gasteiger partial charge in [-0.05, 0) is 23.3 Å². The van der Waals surface area contributed by atoms with Crippen molar-refractivity contribution in [3.05, 3.63) is 71.5 Å².